The molecule has 0 fully saturated rings. The maximum absolute atomic E-state index is 11.9. The summed E-state index contributed by atoms with van der Waals surface area (Å²) in [6, 6.07) is 4.89. The molecule has 0 atom stereocenters. The highest BCUT2D eigenvalue weighted by atomic mass is 35.5. The largest absolute Gasteiger partial charge is 0.350 e. The van der Waals surface area contributed by atoms with E-state index in [4.69, 9.17) is 16.9 Å². The van der Waals surface area contributed by atoms with Crippen molar-refractivity contribution < 1.29 is 4.79 Å². The second kappa shape index (κ2) is 7.78. The van der Waals surface area contributed by atoms with Crippen molar-refractivity contribution in [1.29, 1.82) is 5.26 Å². The number of thioether (sulfide) groups is 1. The van der Waals surface area contributed by atoms with Gasteiger partial charge in [0.1, 0.15) is 0 Å². The summed E-state index contributed by atoms with van der Waals surface area (Å²) in [5.41, 5.74) is 0.912. The highest BCUT2D eigenvalue weighted by Crippen LogP contribution is 2.27. The van der Waals surface area contributed by atoms with Crippen LogP contribution in [0.2, 0.25) is 5.02 Å². The molecule has 1 rings (SSSR count). The number of aliphatic imine (C=N–C) groups is 1. The summed E-state index contributed by atoms with van der Waals surface area (Å²) in [6.45, 7) is 3.77. The first-order valence-electron chi connectivity index (χ1n) is 5.86. The zero-order valence-electron chi connectivity index (χ0n) is 11.4. The molecule has 1 aromatic carbocycles. The van der Waals surface area contributed by atoms with Gasteiger partial charge in [0.05, 0.1) is 10.7 Å². The predicted octanol–water partition coefficient (Wildman–Crippen LogP) is 2.90. The molecule has 0 bridgehead atoms. The zero-order valence-corrected chi connectivity index (χ0v) is 13.0. The van der Waals surface area contributed by atoms with E-state index in [1.54, 1.807) is 30.6 Å². The number of hydrogen-bond acceptors (Lipinski definition) is 4. The lowest BCUT2D eigenvalue weighted by atomic mass is 10.2. The van der Waals surface area contributed by atoms with Gasteiger partial charge in [-0.3, -0.25) is 10.1 Å². The molecule has 2 N–H and O–H groups in total. The lowest BCUT2D eigenvalue weighted by Crippen LogP contribution is -2.29. The van der Waals surface area contributed by atoms with Crippen molar-refractivity contribution in [3.8, 4) is 6.19 Å². The summed E-state index contributed by atoms with van der Waals surface area (Å²) in [4.78, 5) is 16.1. The van der Waals surface area contributed by atoms with E-state index < -0.39 is 0 Å². The monoisotopic (exact) mass is 310 g/mol. The molecule has 1 aromatic rings. The molecule has 0 saturated carbocycles. The van der Waals surface area contributed by atoms with Gasteiger partial charge in [-0.15, -0.1) is 0 Å². The Morgan fingerprint density at radius 3 is 2.75 bits per heavy atom. The quantitative estimate of drug-likeness (QED) is 0.389. The molecule has 0 aliphatic rings. The number of amides is 1. The number of nitrogens with zero attached hydrogens (tertiary/aromatic N) is 2. The zero-order chi connectivity index (χ0) is 15.1. The maximum Gasteiger partial charge on any atom is 0.251 e. The molecule has 7 heteroatoms. The SMILES string of the molecule is CSC(=Nc1cc(C(=O)NC(C)C)ccc1Cl)NC#N. The second-order valence-corrected chi connectivity index (χ2v) is 5.35. The Labute approximate surface area is 127 Å². The van der Waals surface area contributed by atoms with Crippen molar-refractivity contribution in [2.45, 2.75) is 19.9 Å². The Balaban J connectivity index is 3.09. The number of halogens is 1. The van der Waals surface area contributed by atoms with Crippen LogP contribution in [0.15, 0.2) is 23.2 Å². The van der Waals surface area contributed by atoms with Gasteiger partial charge < -0.3 is 5.32 Å². The summed E-state index contributed by atoms with van der Waals surface area (Å²) >= 11 is 7.33. The van der Waals surface area contributed by atoms with Crippen molar-refractivity contribution in [3.63, 3.8) is 0 Å². The van der Waals surface area contributed by atoms with Crippen LogP contribution < -0.4 is 10.6 Å². The van der Waals surface area contributed by atoms with E-state index >= 15 is 0 Å². The first-order valence-corrected chi connectivity index (χ1v) is 7.46. The van der Waals surface area contributed by atoms with Crippen LogP contribution in [0, 0.1) is 11.5 Å². The molecule has 0 heterocycles. The molecular weight excluding hydrogens is 296 g/mol. The Hall–Kier alpha value is -1.71. The summed E-state index contributed by atoms with van der Waals surface area (Å²) < 4.78 is 0. The van der Waals surface area contributed by atoms with Crippen LogP contribution in [0.25, 0.3) is 0 Å². The third-order valence-electron chi connectivity index (χ3n) is 2.21. The number of hydrogen-bond donors (Lipinski definition) is 2. The molecule has 0 aliphatic heterocycles. The van der Waals surface area contributed by atoms with E-state index in [0.717, 1.165) is 0 Å². The molecule has 0 unspecified atom stereocenters. The van der Waals surface area contributed by atoms with Gasteiger partial charge >= 0.3 is 0 Å². The molecule has 106 valence electrons. The molecule has 0 radical (unpaired) electrons. The summed E-state index contributed by atoms with van der Waals surface area (Å²) in [6.07, 6.45) is 3.58. The lowest BCUT2D eigenvalue weighted by Gasteiger charge is -2.09. The van der Waals surface area contributed by atoms with Gasteiger partial charge in [-0.2, -0.15) is 5.26 Å². The van der Waals surface area contributed by atoms with E-state index in [1.165, 1.54) is 11.8 Å². The van der Waals surface area contributed by atoms with Gasteiger partial charge in [0.15, 0.2) is 11.4 Å². The Morgan fingerprint density at radius 2 is 2.20 bits per heavy atom. The van der Waals surface area contributed by atoms with Crippen LogP contribution in [0.5, 0.6) is 0 Å². The Morgan fingerprint density at radius 1 is 1.50 bits per heavy atom. The topological polar surface area (TPSA) is 77.3 Å². The number of rotatable bonds is 3. The fourth-order valence-corrected chi connectivity index (χ4v) is 1.86. The lowest BCUT2D eigenvalue weighted by molar-refractivity contribution is 0.0943. The van der Waals surface area contributed by atoms with Gasteiger partial charge in [-0.25, -0.2) is 4.99 Å². The van der Waals surface area contributed by atoms with Crippen molar-refractivity contribution in [2.24, 2.45) is 4.99 Å². The van der Waals surface area contributed by atoms with Crippen molar-refractivity contribution in [1.82, 2.24) is 10.6 Å². The minimum atomic E-state index is -0.188. The maximum atomic E-state index is 11.9. The summed E-state index contributed by atoms with van der Waals surface area (Å²) in [5, 5.41) is 14.7. The van der Waals surface area contributed by atoms with Crippen LogP contribution in [-0.4, -0.2) is 23.4 Å². The van der Waals surface area contributed by atoms with Crippen LogP contribution in [0.1, 0.15) is 24.2 Å². The van der Waals surface area contributed by atoms with Gasteiger partial charge in [0.25, 0.3) is 5.91 Å². The number of nitriles is 1. The number of amidine groups is 1. The summed E-state index contributed by atoms with van der Waals surface area (Å²) in [7, 11) is 0. The average Bonchev–Trinajstić information content (AvgIpc) is 2.39. The smallest absolute Gasteiger partial charge is 0.251 e. The van der Waals surface area contributed by atoms with E-state index in [0.29, 0.717) is 21.4 Å². The highest BCUT2D eigenvalue weighted by molar-refractivity contribution is 8.13. The number of carbonyl (C=O) groups is 1. The average molecular weight is 311 g/mol. The molecule has 20 heavy (non-hydrogen) atoms. The molecule has 0 spiro atoms. The molecule has 5 nitrogen and oxygen atoms in total. The van der Waals surface area contributed by atoms with Gasteiger partial charge in [0, 0.05) is 11.6 Å². The van der Waals surface area contributed by atoms with E-state index in [9.17, 15) is 4.79 Å². The van der Waals surface area contributed by atoms with Crippen molar-refractivity contribution >= 4 is 40.1 Å². The van der Waals surface area contributed by atoms with Gasteiger partial charge in [-0.1, -0.05) is 23.4 Å². The van der Waals surface area contributed by atoms with E-state index in [1.807, 2.05) is 13.8 Å². The van der Waals surface area contributed by atoms with Gasteiger partial charge in [-0.05, 0) is 38.3 Å². The summed E-state index contributed by atoms with van der Waals surface area (Å²) in [5.74, 6) is -0.188. The fraction of sp³-hybridized carbons (Fsp3) is 0.308. The Bertz CT molecular complexity index is 566. The van der Waals surface area contributed by atoms with Crippen molar-refractivity contribution in [2.75, 3.05) is 6.26 Å². The molecular formula is C13H15ClN4OS. The van der Waals surface area contributed by atoms with Crippen LogP contribution in [0.4, 0.5) is 5.69 Å². The predicted molar refractivity (Wildman–Crippen MR) is 83.4 cm³/mol. The fourth-order valence-electron chi connectivity index (χ4n) is 1.37. The van der Waals surface area contributed by atoms with Crippen LogP contribution in [-0.2, 0) is 0 Å². The standard InChI is InChI=1S/C13H15ClN4OS/c1-8(2)17-12(19)9-4-5-10(14)11(6-9)18-13(20-3)16-7-15/h4-6,8H,1-3H3,(H,16,18)(H,17,19). The molecule has 0 aliphatic carbocycles. The second-order valence-electron chi connectivity index (χ2n) is 4.15. The van der Waals surface area contributed by atoms with Crippen LogP contribution >= 0.6 is 23.4 Å². The molecule has 1 amide bonds. The van der Waals surface area contributed by atoms with Crippen molar-refractivity contribution in [3.05, 3.63) is 28.8 Å². The number of nitrogens with one attached hydrogen (secondary N) is 2. The minimum Gasteiger partial charge on any atom is -0.350 e. The third-order valence-corrected chi connectivity index (χ3v) is 3.11. The van der Waals surface area contributed by atoms with Crippen LogP contribution in [0.3, 0.4) is 0 Å². The molecule has 0 aromatic heterocycles. The first kappa shape index (κ1) is 16.3. The number of carbonyl (C=O) groups excluding carboxylic acids is 1. The number of benzene rings is 1. The Kier molecular flexibility index (Phi) is 6.36. The van der Waals surface area contributed by atoms with E-state index in [-0.39, 0.29) is 11.9 Å². The minimum absolute atomic E-state index is 0.0483. The normalized spacial score (nSPS) is 11.1. The first-order chi connectivity index (χ1) is 9.47. The van der Waals surface area contributed by atoms with Gasteiger partial charge in [0.2, 0.25) is 0 Å². The molecule has 0 saturated heterocycles. The van der Waals surface area contributed by atoms with E-state index in [2.05, 4.69) is 15.6 Å². The third kappa shape index (κ3) is 4.76. The highest BCUT2D eigenvalue weighted by Gasteiger charge is 2.10.